The van der Waals surface area contributed by atoms with E-state index in [9.17, 15) is 4.79 Å². The Balaban J connectivity index is 1.66. The van der Waals surface area contributed by atoms with E-state index in [0.29, 0.717) is 11.3 Å². The van der Waals surface area contributed by atoms with Crippen LogP contribution in [0.5, 0.6) is 0 Å². The molecule has 3 heterocycles. The van der Waals surface area contributed by atoms with Crippen molar-refractivity contribution >= 4 is 5.97 Å². The topological polar surface area (TPSA) is 35.5 Å². The summed E-state index contributed by atoms with van der Waals surface area (Å²) < 4.78 is 6.07. The SMILES string of the molecule is O=C1OCCC[C@H]2O[N+]3(Cc4ccccc4)CCCC[C@@H]3[C@@H]12. The van der Waals surface area contributed by atoms with Crippen LogP contribution in [0, 0.1) is 5.92 Å². The number of hydroxylamine groups is 3. The molecule has 4 heteroatoms. The van der Waals surface area contributed by atoms with Crippen molar-refractivity contribution in [2.75, 3.05) is 13.2 Å². The van der Waals surface area contributed by atoms with Gasteiger partial charge in [-0.05, 0) is 25.7 Å². The molecular weight excluding hydrogens is 278 g/mol. The molecule has 4 rings (SSSR count). The van der Waals surface area contributed by atoms with E-state index in [-0.39, 0.29) is 24.0 Å². The van der Waals surface area contributed by atoms with E-state index in [4.69, 9.17) is 9.57 Å². The lowest BCUT2D eigenvalue weighted by atomic mass is 9.86. The van der Waals surface area contributed by atoms with Crippen molar-refractivity contribution in [2.45, 2.75) is 50.8 Å². The van der Waals surface area contributed by atoms with Gasteiger partial charge in [0, 0.05) is 12.0 Å². The summed E-state index contributed by atoms with van der Waals surface area (Å²) in [5, 5.41) is 0. The Hall–Kier alpha value is -1.39. The molecule has 4 atom stereocenters. The van der Waals surface area contributed by atoms with Gasteiger partial charge in [0.15, 0.2) is 0 Å². The number of ether oxygens (including phenoxy) is 1. The van der Waals surface area contributed by atoms with Gasteiger partial charge in [0.1, 0.15) is 31.2 Å². The predicted octanol–water partition coefficient (Wildman–Crippen LogP) is 2.82. The number of piperidine rings is 1. The van der Waals surface area contributed by atoms with Gasteiger partial charge in [0.2, 0.25) is 0 Å². The molecule has 1 aromatic carbocycles. The first kappa shape index (κ1) is 14.2. The molecule has 22 heavy (non-hydrogen) atoms. The predicted molar refractivity (Wildman–Crippen MR) is 81.5 cm³/mol. The summed E-state index contributed by atoms with van der Waals surface area (Å²) in [5.41, 5.74) is 1.29. The van der Waals surface area contributed by atoms with Crippen molar-refractivity contribution in [1.29, 1.82) is 0 Å². The molecule has 3 aliphatic rings. The average Bonchev–Trinajstić information content (AvgIpc) is 2.75. The van der Waals surface area contributed by atoms with Crippen molar-refractivity contribution in [3.8, 4) is 0 Å². The summed E-state index contributed by atoms with van der Waals surface area (Å²) in [5.74, 6) is -0.0889. The first-order valence-corrected chi connectivity index (χ1v) is 8.54. The maximum absolute atomic E-state index is 12.4. The van der Waals surface area contributed by atoms with E-state index < -0.39 is 0 Å². The van der Waals surface area contributed by atoms with Gasteiger partial charge in [-0.25, -0.2) is 0 Å². The highest BCUT2D eigenvalue weighted by Gasteiger charge is 2.60. The van der Waals surface area contributed by atoms with Crippen molar-refractivity contribution in [2.24, 2.45) is 5.92 Å². The number of quaternary nitrogens is 1. The van der Waals surface area contributed by atoms with Crippen molar-refractivity contribution < 1.29 is 19.0 Å². The standard InChI is InChI=1S/C18H24NO3/c20-18-17-15-9-4-5-11-19(15,13-14-7-2-1-3-8-14)22-16(17)10-6-12-21-18/h1-3,7-8,15-17H,4-6,9-13H2/q+1/t15-,16-,17-,19?/m1/s1. The number of esters is 1. The van der Waals surface area contributed by atoms with Crippen LogP contribution >= 0.6 is 0 Å². The Kier molecular flexibility index (Phi) is 3.66. The van der Waals surface area contributed by atoms with E-state index in [0.717, 1.165) is 32.4 Å². The molecule has 0 aromatic heterocycles. The van der Waals surface area contributed by atoms with Crippen LogP contribution in [0.2, 0.25) is 0 Å². The number of hydrogen-bond donors (Lipinski definition) is 0. The number of fused-ring (bicyclic) bond motifs is 3. The molecule has 0 N–H and O–H groups in total. The molecule has 1 unspecified atom stereocenters. The third kappa shape index (κ3) is 2.34. The van der Waals surface area contributed by atoms with Crippen LogP contribution in [0.25, 0.3) is 0 Å². The van der Waals surface area contributed by atoms with Crippen LogP contribution < -0.4 is 0 Å². The molecule has 0 aliphatic carbocycles. The summed E-state index contributed by atoms with van der Waals surface area (Å²) in [7, 11) is 0. The second-order valence-electron chi connectivity index (χ2n) is 6.86. The van der Waals surface area contributed by atoms with Crippen LogP contribution in [0.1, 0.15) is 37.7 Å². The van der Waals surface area contributed by atoms with Gasteiger partial charge in [0.25, 0.3) is 0 Å². The summed E-state index contributed by atoms with van der Waals surface area (Å²) >= 11 is 0. The molecular formula is C18H24NO3+. The summed E-state index contributed by atoms with van der Waals surface area (Å²) in [6, 6.07) is 10.8. The minimum Gasteiger partial charge on any atom is -0.465 e. The average molecular weight is 302 g/mol. The van der Waals surface area contributed by atoms with Crippen molar-refractivity contribution in [3.63, 3.8) is 0 Å². The smallest absolute Gasteiger partial charge is 0.318 e. The summed E-state index contributed by atoms with van der Waals surface area (Å²) in [6.45, 7) is 2.44. The summed E-state index contributed by atoms with van der Waals surface area (Å²) in [4.78, 5) is 19.0. The van der Waals surface area contributed by atoms with Gasteiger partial charge in [-0.3, -0.25) is 4.79 Å². The fraction of sp³-hybridized carbons (Fsp3) is 0.611. The molecule has 3 saturated heterocycles. The molecule has 0 radical (unpaired) electrons. The van der Waals surface area contributed by atoms with Gasteiger partial charge < -0.3 is 4.74 Å². The highest BCUT2D eigenvalue weighted by Crippen LogP contribution is 2.45. The zero-order valence-electron chi connectivity index (χ0n) is 12.9. The van der Waals surface area contributed by atoms with E-state index in [2.05, 4.69) is 24.3 Å². The molecule has 0 saturated carbocycles. The largest absolute Gasteiger partial charge is 0.465 e. The number of carbonyl (C=O) groups is 1. The zero-order chi connectivity index (χ0) is 15.0. The first-order chi connectivity index (χ1) is 10.8. The second kappa shape index (κ2) is 5.67. The molecule has 0 spiro atoms. The van der Waals surface area contributed by atoms with E-state index in [1.165, 1.54) is 18.4 Å². The van der Waals surface area contributed by atoms with Gasteiger partial charge in [-0.2, -0.15) is 9.48 Å². The van der Waals surface area contributed by atoms with Crippen LogP contribution in [-0.4, -0.2) is 35.9 Å². The fourth-order valence-electron chi connectivity index (χ4n) is 4.54. The lowest BCUT2D eigenvalue weighted by Gasteiger charge is -2.40. The highest BCUT2D eigenvalue weighted by molar-refractivity contribution is 5.74. The molecule has 0 bridgehead atoms. The lowest BCUT2D eigenvalue weighted by Crippen LogP contribution is -2.55. The monoisotopic (exact) mass is 302 g/mol. The quantitative estimate of drug-likeness (QED) is 0.622. The number of benzene rings is 1. The number of nitrogens with zero attached hydrogens (tertiary/aromatic N) is 1. The number of hydrogen-bond acceptors (Lipinski definition) is 3. The van der Waals surface area contributed by atoms with Crippen LogP contribution in [0.15, 0.2) is 30.3 Å². The molecule has 0 amide bonds. The molecule has 3 fully saturated rings. The minimum atomic E-state index is -0.0634. The Bertz CT molecular complexity index is 547. The molecule has 118 valence electrons. The normalized spacial score (nSPS) is 37.8. The summed E-state index contributed by atoms with van der Waals surface area (Å²) in [6.07, 6.45) is 5.36. The van der Waals surface area contributed by atoms with E-state index in [1.807, 2.05) is 6.07 Å². The number of carbonyl (C=O) groups excluding carboxylic acids is 1. The second-order valence-corrected chi connectivity index (χ2v) is 6.86. The fourth-order valence-corrected chi connectivity index (χ4v) is 4.54. The number of rotatable bonds is 2. The minimum absolute atomic E-state index is 0.0255. The van der Waals surface area contributed by atoms with Gasteiger partial charge in [-0.1, -0.05) is 30.3 Å². The highest BCUT2D eigenvalue weighted by atomic mass is 16.7. The Morgan fingerprint density at radius 1 is 1.09 bits per heavy atom. The van der Waals surface area contributed by atoms with Crippen LogP contribution in [-0.2, 0) is 20.9 Å². The Morgan fingerprint density at radius 2 is 1.95 bits per heavy atom. The molecule has 3 aliphatic heterocycles. The Morgan fingerprint density at radius 3 is 2.82 bits per heavy atom. The maximum Gasteiger partial charge on any atom is 0.318 e. The van der Waals surface area contributed by atoms with Gasteiger partial charge in [-0.15, -0.1) is 0 Å². The lowest BCUT2D eigenvalue weighted by molar-refractivity contribution is -1.12. The van der Waals surface area contributed by atoms with Gasteiger partial charge >= 0.3 is 5.97 Å². The zero-order valence-corrected chi connectivity index (χ0v) is 12.9. The molecule has 4 nitrogen and oxygen atoms in total. The maximum atomic E-state index is 12.4. The van der Waals surface area contributed by atoms with Crippen LogP contribution in [0.3, 0.4) is 0 Å². The van der Waals surface area contributed by atoms with Gasteiger partial charge in [0.05, 0.1) is 6.61 Å². The van der Waals surface area contributed by atoms with E-state index >= 15 is 0 Å². The number of cyclic esters (lactones) is 1. The van der Waals surface area contributed by atoms with Crippen molar-refractivity contribution in [1.82, 2.24) is 0 Å². The van der Waals surface area contributed by atoms with Crippen molar-refractivity contribution in [3.05, 3.63) is 35.9 Å². The molecule has 1 aromatic rings. The van der Waals surface area contributed by atoms with Crippen LogP contribution in [0.4, 0.5) is 0 Å². The third-order valence-corrected chi connectivity index (χ3v) is 5.49. The Labute approximate surface area is 131 Å². The van der Waals surface area contributed by atoms with E-state index in [1.54, 1.807) is 0 Å². The first-order valence-electron chi connectivity index (χ1n) is 8.54. The third-order valence-electron chi connectivity index (χ3n) is 5.49.